The molecule has 2 heterocycles. The Morgan fingerprint density at radius 3 is 2.58 bits per heavy atom. The molecule has 0 saturated carbocycles. The van der Waals surface area contributed by atoms with Crippen LogP contribution in [-0.2, 0) is 23.8 Å². The normalized spacial score (nSPS) is 16.5. The second-order valence-electron chi connectivity index (χ2n) is 10.9. The number of nitrogens with two attached hydrogens (primary N) is 1. The van der Waals surface area contributed by atoms with E-state index >= 15 is 0 Å². The molecule has 0 aliphatic heterocycles. The molecule has 2 aromatic heterocycles. The topological polar surface area (TPSA) is 96.2 Å². The molecule has 2 unspecified atom stereocenters. The number of nitrogens with one attached hydrogen (secondary N) is 1. The van der Waals surface area contributed by atoms with Crippen molar-refractivity contribution in [1.82, 2.24) is 4.98 Å². The zero-order valence-electron chi connectivity index (χ0n) is 21.5. The number of amides is 1. The molecule has 0 bridgehead atoms. The van der Waals surface area contributed by atoms with Gasteiger partial charge in [0.2, 0.25) is 5.91 Å². The van der Waals surface area contributed by atoms with Crippen molar-refractivity contribution in [3.63, 3.8) is 0 Å². The number of carboxylic acid groups (broad SMARTS) is 1. The van der Waals surface area contributed by atoms with E-state index in [1.165, 1.54) is 35.7 Å². The minimum atomic E-state index is -4.65. The quantitative estimate of drug-likeness (QED) is 0.201. The zero-order chi connectivity index (χ0) is 29.1. The molecule has 0 saturated heterocycles. The summed E-state index contributed by atoms with van der Waals surface area (Å²) in [4.78, 5) is 29.6. The molecule has 2 aromatic carbocycles. The molecule has 210 valence electrons. The highest BCUT2D eigenvalue weighted by Gasteiger charge is 2.38. The maximum Gasteiger partial charge on any atom is 0.416 e. The number of carbonyl (C=O) groups is 2. The monoisotopic (exact) mass is 592 g/mol. The summed E-state index contributed by atoms with van der Waals surface area (Å²) in [6, 6.07) is 7.67. The van der Waals surface area contributed by atoms with Gasteiger partial charge >= 0.3 is 12.1 Å². The average molecular weight is 593 g/mol. The van der Waals surface area contributed by atoms with Crippen LogP contribution in [0.4, 0.5) is 17.6 Å². The number of fused-ring (bicyclic) bond motifs is 2. The van der Waals surface area contributed by atoms with E-state index in [9.17, 15) is 32.3 Å². The van der Waals surface area contributed by atoms with E-state index in [0.29, 0.717) is 10.4 Å². The van der Waals surface area contributed by atoms with Crippen LogP contribution in [0.1, 0.15) is 74.5 Å². The van der Waals surface area contributed by atoms with Gasteiger partial charge in [-0.1, -0.05) is 43.6 Å². The van der Waals surface area contributed by atoms with Crippen LogP contribution in [0.5, 0.6) is 0 Å². The van der Waals surface area contributed by atoms with Crippen molar-refractivity contribution in [2.24, 2.45) is 11.1 Å². The van der Waals surface area contributed by atoms with Crippen LogP contribution in [0.25, 0.3) is 10.9 Å². The average Bonchev–Trinajstić information content (AvgIpc) is 3.45. The third-order valence-electron chi connectivity index (χ3n) is 7.58. The molecule has 1 aliphatic carbocycles. The number of primary amides is 1. The van der Waals surface area contributed by atoms with Gasteiger partial charge in [0.25, 0.3) is 0 Å². The predicted octanol–water partition coefficient (Wildman–Crippen LogP) is 7.65. The summed E-state index contributed by atoms with van der Waals surface area (Å²) in [5.41, 5.74) is 5.82. The summed E-state index contributed by atoms with van der Waals surface area (Å²) in [5, 5.41) is 9.49. The fraction of sp³-hybridized carbons (Fsp3) is 0.310. The fourth-order valence-corrected chi connectivity index (χ4v) is 7.22. The molecule has 1 aliphatic rings. The predicted molar refractivity (Wildman–Crippen MR) is 146 cm³/mol. The number of aromatic nitrogens is 1. The highest BCUT2D eigenvalue weighted by atomic mass is 35.5. The first kappa shape index (κ1) is 28.2. The van der Waals surface area contributed by atoms with Gasteiger partial charge in [-0.3, -0.25) is 4.79 Å². The van der Waals surface area contributed by atoms with E-state index in [2.05, 4.69) is 18.8 Å². The van der Waals surface area contributed by atoms with E-state index in [4.69, 9.17) is 17.3 Å². The number of halogens is 5. The van der Waals surface area contributed by atoms with Crippen LogP contribution in [0.15, 0.2) is 42.6 Å². The van der Waals surface area contributed by atoms with E-state index in [0.717, 1.165) is 41.8 Å². The summed E-state index contributed by atoms with van der Waals surface area (Å²) in [5.74, 6) is -5.70. The first-order valence-corrected chi connectivity index (χ1v) is 13.7. The first-order valence-electron chi connectivity index (χ1n) is 12.5. The maximum absolute atomic E-state index is 14.7. The SMILES string of the molecule is CC1(C)CCc2sc(C(c3c[nH]c4c(C(=O)O)c(F)c(Cl)cc34)C(C(N)=O)c3cccc(C(F)(F)F)c3)cc2C1. The molecule has 5 rings (SSSR count). The summed E-state index contributed by atoms with van der Waals surface area (Å²) in [6.45, 7) is 4.31. The Morgan fingerprint density at radius 2 is 1.93 bits per heavy atom. The van der Waals surface area contributed by atoms with Crippen LogP contribution in [0.2, 0.25) is 5.02 Å². The number of hydrogen-bond acceptors (Lipinski definition) is 3. The lowest BCUT2D eigenvalue weighted by molar-refractivity contribution is -0.137. The van der Waals surface area contributed by atoms with Crippen molar-refractivity contribution in [2.45, 2.75) is 51.1 Å². The molecule has 0 fully saturated rings. The van der Waals surface area contributed by atoms with Gasteiger partial charge < -0.3 is 15.8 Å². The third kappa shape index (κ3) is 4.99. The van der Waals surface area contributed by atoms with Gasteiger partial charge in [0.15, 0.2) is 5.82 Å². The molecule has 40 heavy (non-hydrogen) atoms. The number of H-pyrrole nitrogens is 1. The Bertz CT molecular complexity index is 1660. The fourth-order valence-electron chi connectivity index (χ4n) is 5.68. The molecule has 2 atom stereocenters. The Labute approximate surface area is 236 Å². The van der Waals surface area contributed by atoms with E-state index in [1.54, 1.807) is 0 Å². The van der Waals surface area contributed by atoms with Gasteiger partial charge in [-0.05, 0) is 59.6 Å². The number of hydrogen-bond donors (Lipinski definition) is 3. The molecule has 11 heteroatoms. The van der Waals surface area contributed by atoms with Gasteiger partial charge in [0.05, 0.1) is 22.0 Å². The Kier molecular flexibility index (Phi) is 6.99. The van der Waals surface area contributed by atoms with Gasteiger partial charge in [0, 0.05) is 27.3 Å². The minimum absolute atomic E-state index is 0.0488. The van der Waals surface area contributed by atoms with Crippen molar-refractivity contribution in [3.8, 4) is 0 Å². The number of aromatic carboxylic acids is 1. The first-order chi connectivity index (χ1) is 18.7. The van der Waals surface area contributed by atoms with Crippen LogP contribution >= 0.6 is 22.9 Å². The van der Waals surface area contributed by atoms with E-state index in [1.807, 2.05) is 6.07 Å². The highest BCUT2D eigenvalue weighted by Crippen LogP contribution is 2.48. The summed E-state index contributed by atoms with van der Waals surface area (Å²) >= 11 is 7.55. The van der Waals surface area contributed by atoms with Gasteiger partial charge in [-0.25, -0.2) is 9.18 Å². The minimum Gasteiger partial charge on any atom is -0.478 e. The van der Waals surface area contributed by atoms with E-state index in [-0.39, 0.29) is 21.9 Å². The smallest absolute Gasteiger partial charge is 0.416 e. The molecule has 4 aromatic rings. The summed E-state index contributed by atoms with van der Waals surface area (Å²) in [6.07, 6.45) is -0.669. The van der Waals surface area contributed by atoms with Crippen LogP contribution in [0.3, 0.4) is 0 Å². The standard InChI is InChI=1S/C29H25ClF4N2O3S/c1-28(2)7-6-19-14(11-28)9-20(40-19)22(21(26(35)37)13-4-3-5-15(8-13)29(32,33)34)17-12-36-25-16(17)10-18(30)24(31)23(25)27(38)39/h3-5,8-10,12,21-22,36H,6-7,11H2,1-2H3,(H2,35,37)(H,38,39). The molecular weight excluding hydrogens is 568 g/mol. The van der Waals surface area contributed by atoms with Crippen molar-refractivity contribution in [1.29, 1.82) is 0 Å². The number of alkyl halides is 3. The number of aryl methyl sites for hydroxylation is 1. The second-order valence-corrected chi connectivity index (χ2v) is 12.5. The number of aromatic amines is 1. The van der Waals surface area contributed by atoms with Crippen molar-refractivity contribution >= 4 is 45.7 Å². The van der Waals surface area contributed by atoms with Crippen molar-refractivity contribution < 1.29 is 32.3 Å². The van der Waals surface area contributed by atoms with Crippen molar-refractivity contribution in [2.75, 3.05) is 0 Å². The number of carboxylic acids is 1. The number of thiophene rings is 1. The largest absolute Gasteiger partial charge is 0.478 e. The van der Waals surface area contributed by atoms with Gasteiger partial charge in [0.1, 0.15) is 5.56 Å². The van der Waals surface area contributed by atoms with Crippen LogP contribution < -0.4 is 5.73 Å². The van der Waals surface area contributed by atoms with Gasteiger partial charge in [-0.2, -0.15) is 13.2 Å². The lowest BCUT2D eigenvalue weighted by Crippen LogP contribution is -2.27. The van der Waals surface area contributed by atoms with Crippen LogP contribution in [-0.4, -0.2) is 22.0 Å². The number of rotatable bonds is 6. The molecular formula is C29H25ClF4N2O3S. The Hall–Kier alpha value is -3.37. The molecule has 0 spiro atoms. The third-order valence-corrected chi connectivity index (χ3v) is 9.18. The van der Waals surface area contributed by atoms with Gasteiger partial charge in [-0.15, -0.1) is 11.3 Å². The lowest BCUT2D eigenvalue weighted by Gasteiger charge is -2.29. The zero-order valence-corrected chi connectivity index (χ0v) is 23.0. The molecule has 1 amide bonds. The van der Waals surface area contributed by atoms with E-state index < -0.39 is 51.9 Å². The Balaban J connectivity index is 1.79. The Morgan fingerprint density at radius 1 is 1.20 bits per heavy atom. The second kappa shape index (κ2) is 9.92. The molecule has 5 nitrogen and oxygen atoms in total. The molecule has 0 radical (unpaired) electrons. The number of carbonyl (C=O) groups excluding carboxylic acids is 1. The maximum atomic E-state index is 14.7. The van der Waals surface area contributed by atoms with Crippen molar-refractivity contribution in [3.05, 3.63) is 91.0 Å². The van der Waals surface area contributed by atoms with Crippen LogP contribution in [0, 0.1) is 11.2 Å². The lowest BCUT2D eigenvalue weighted by atomic mass is 9.76. The molecule has 4 N–H and O–H groups in total. The number of benzene rings is 2. The summed E-state index contributed by atoms with van der Waals surface area (Å²) in [7, 11) is 0. The highest BCUT2D eigenvalue weighted by molar-refractivity contribution is 7.12. The summed E-state index contributed by atoms with van der Waals surface area (Å²) < 4.78 is 55.7.